The van der Waals surface area contributed by atoms with E-state index in [9.17, 15) is 4.21 Å². The molecule has 0 radical (unpaired) electrons. The Bertz CT molecular complexity index is 591. The second kappa shape index (κ2) is 4.99. The molecule has 0 N–H and O–H groups in total. The topological polar surface area (TPSA) is 59.3 Å². The summed E-state index contributed by atoms with van der Waals surface area (Å²) >= 11 is 0. The van der Waals surface area contributed by atoms with Gasteiger partial charge < -0.3 is 9.31 Å². The fourth-order valence-corrected chi connectivity index (χ4v) is 2.78. The van der Waals surface area contributed by atoms with Crippen LogP contribution >= 0.6 is 0 Å². The van der Waals surface area contributed by atoms with Crippen LogP contribution in [0.15, 0.2) is 23.1 Å². The van der Waals surface area contributed by atoms with Gasteiger partial charge in [-0.1, -0.05) is 0 Å². The van der Waals surface area contributed by atoms with Crippen LogP contribution in [0.3, 0.4) is 0 Å². The first-order chi connectivity index (χ1) is 9.18. The number of hydrogen-bond donors (Lipinski definition) is 0. The van der Waals surface area contributed by atoms with E-state index in [-0.39, 0.29) is 0 Å². The van der Waals surface area contributed by atoms with Crippen LogP contribution in [-0.2, 0) is 20.1 Å². The molecule has 0 aromatic heterocycles. The van der Waals surface area contributed by atoms with Crippen molar-refractivity contribution in [2.45, 2.75) is 43.8 Å². The van der Waals surface area contributed by atoms with Crippen molar-refractivity contribution in [3.63, 3.8) is 0 Å². The van der Waals surface area contributed by atoms with Crippen molar-refractivity contribution in [3.8, 4) is 6.07 Å². The number of rotatable bonds is 2. The lowest BCUT2D eigenvalue weighted by molar-refractivity contribution is 0.00578. The fraction of sp³-hybridized carbons (Fsp3) is 0.500. The Labute approximate surface area is 122 Å². The summed E-state index contributed by atoms with van der Waals surface area (Å²) in [5.41, 5.74) is 0.243. The maximum atomic E-state index is 11.9. The number of hydrogen-bond acceptors (Lipinski definition) is 4. The monoisotopic (exact) mass is 291 g/mol. The highest BCUT2D eigenvalue weighted by Gasteiger charge is 2.52. The molecule has 0 bridgehead atoms. The lowest BCUT2D eigenvalue weighted by atomic mass is 9.78. The second-order valence-electron chi connectivity index (χ2n) is 5.91. The van der Waals surface area contributed by atoms with Crippen LogP contribution in [0.2, 0.25) is 0 Å². The minimum atomic E-state index is -1.17. The molecule has 1 aliphatic heterocycles. The molecule has 1 unspecified atom stereocenters. The quantitative estimate of drug-likeness (QED) is 0.776. The summed E-state index contributed by atoms with van der Waals surface area (Å²) in [6.45, 7) is 7.85. The van der Waals surface area contributed by atoms with Crippen molar-refractivity contribution < 1.29 is 13.5 Å². The van der Waals surface area contributed by atoms with Gasteiger partial charge in [0.25, 0.3) is 0 Å². The van der Waals surface area contributed by atoms with E-state index in [0.717, 1.165) is 0 Å². The summed E-state index contributed by atoms with van der Waals surface area (Å²) in [5.74, 6) is 0. The largest absolute Gasteiger partial charge is 0.496 e. The minimum absolute atomic E-state index is 0.465. The molecule has 106 valence electrons. The Morgan fingerprint density at radius 2 is 1.75 bits per heavy atom. The van der Waals surface area contributed by atoms with Crippen LogP contribution in [0.25, 0.3) is 0 Å². The zero-order chi connectivity index (χ0) is 15.1. The molecule has 1 atom stereocenters. The van der Waals surface area contributed by atoms with Gasteiger partial charge >= 0.3 is 7.12 Å². The van der Waals surface area contributed by atoms with Crippen LogP contribution in [-0.4, -0.2) is 28.8 Å². The maximum Gasteiger partial charge on any atom is 0.496 e. The third-order valence-electron chi connectivity index (χ3n) is 3.96. The average molecular weight is 291 g/mol. The van der Waals surface area contributed by atoms with Gasteiger partial charge in [-0.05, 0) is 51.4 Å². The zero-order valence-electron chi connectivity index (χ0n) is 12.4. The fourth-order valence-electron chi connectivity index (χ4n) is 2.03. The summed E-state index contributed by atoms with van der Waals surface area (Å²) in [5, 5.41) is 9.03. The van der Waals surface area contributed by atoms with Crippen molar-refractivity contribution in [2.75, 3.05) is 6.26 Å². The third kappa shape index (κ3) is 2.53. The molecule has 0 amide bonds. The molecule has 1 heterocycles. The van der Waals surface area contributed by atoms with Crippen LogP contribution in [0.1, 0.15) is 33.3 Å². The summed E-state index contributed by atoms with van der Waals surface area (Å²) in [4.78, 5) is 0.641. The minimum Gasteiger partial charge on any atom is -0.399 e. The first-order valence-electron chi connectivity index (χ1n) is 6.41. The Kier molecular flexibility index (Phi) is 3.80. The van der Waals surface area contributed by atoms with E-state index in [1.54, 1.807) is 24.5 Å². The van der Waals surface area contributed by atoms with E-state index in [1.807, 2.05) is 27.7 Å². The van der Waals surface area contributed by atoms with Crippen molar-refractivity contribution >= 4 is 23.4 Å². The molecule has 0 saturated carbocycles. The molecule has 2 rings (SSSR count). The highest BCUT2D eigenvalue weighted by Crippen LogP contribution is 2.36. The average Bonchev–Trinajstić information content (AvgIpc) is 2.57. The number of benzene rings is 1. The van der Waals surface area contributed by atoms with E-state index in [2.05, 4.69) is 6.07 Å². The summed E-state index contributed by atoms with van der Waals surface area (Å²) < 4.78 is 23.8. The smallest absolute Gasteiger partial charge is 0.399 e. The van der Waals surface area contributed by atoms with Gasteiger partial charge in [0.1, 0.15) is 0 Å². The van der Waals surface area contributed by atoms with E-state index in [1.165, 1.54) is 0 Å². The van der Waals surface area contributed by atoms with Gasteiger partial charge in [-0.2, -0.15) is 5.26 Å². The van der Waals surface area contributed by atoms with Gasteiger partial charge in [0, 0.05) is 22.0 Å². The van der Waals surface area contributed by atoms with Gasteiger partial charge in [0.05, 0.1) is 22.8 Å². The highest BCUT2D eigenvalue weighted by molar-refractivity contribution is 7.84. The van der Waals surface area contributed by atoms with Crippen molar-refractivity contribution in [1.29, 1.82) is 5.26 Å². The van der Waals surface area contributed by atoms with Gasteiger partial charge in [-0.3, -0.25) is 4.21 Å². The summed E-state index contributed by atoms with van der Waals surface area (Å²) in [6.07, 6.45) is 1.61. The van der Waals surface area contributed by atoms with Crippen molar-refractivity contribution in [2.24, 2.45) is 0 Å². The van der Waals surface area contributed by atoms with Gasteiger partial charge in [-0.25, -0.2) is 0 Å². The lowest BCUT2D eigenvalue weighted by Crippen LogP contribution is -2.41. The van der Waals surface area contributed by atoms with E-state index in [0.29, 0.717) is 15.9 Å². The molecular weight excluding hydrogens is 273 g/mol. The van der Waals surface area contributed by atoms with Gasteiger partial charge in [0.15, 0.2) is 0 Å². The third-order valence-corrected chi connectivity index (χ3v) is 4.95. The lowest BCUT2D eigenvalue weighted by Gasteiger charge is -2.32. The molecule has 6 heteroatoms. The van der Waals surface area contributed by atoms with E-state index < -0.39 is 29.1 Å². The second-order valence-corrected chi connectivity index (χ2v) is 7.25. The van der Waals surface area contributed by atoms with Gasteiger partial charge in [0.2, 0.25) is 0 Å². The number of nitrogens with zero attached hydrogens (tertiary/aromatic N) is 1. The molecule has 1 fully saturated rings. The first-order valence-corrected chi connectivity index (χ1v) is 7.97. The Morgan fingerprint density at radius 1 is 1.20 bits per heavy atom. The molecule has 1 saturated heterocycles. The Balaban J connectivity index is 2.48. The molecule has 4 nitrogen and oxygen atoms in total. The SMILES string of the molecule is CS(=O)c1ccc(C#N)cc1B1OC(C)(C)C(C)(C)O1. The summed E-state index contributed by atoms with van der Waals surface area (Å²) in [7, 11) is -1.77. The molecule has 20 heavy (non-hydrogen) atoms. The molecule has 1 aliphatic rings. The highest BCUT2D eigenvalue weighted by atomic mass is 32.2. The standard InChI is InChI=1S/C14H18BNO3S/c1-13(2)14(3,4)19-15(18-13)11-8-10(9-16)6-7-12(11)20(5)17/h6-8H,1-5H3. The Morgan fingerprint density at radius 3 is 2.20 bits per heavy atom. The van der Waals surface area contributed by atoms with E-state index >= 15 is 0 Å². The van der Waals surface area contributed by atoms with Gasteiger partial charge in [-0.15, -0.1) is 0 Å². The molecule has 0 aliphatic carbocycles. The zero-order valence-corrected chi connectivity index (χ0v) is 13.2. The first kappa shape index (κ1) is 15.2. The van der Waals surface area contributed by atoms with Crippen LogP contribution in [0, 0.1) is 11.3 Å². The van der Waals surface area contributed by atoms with E-state index in [4.69, 9.17) is 14.6 Å². The maximum absolute atomic E-state index is 11.9. The summed E-state index contributed by atoms with van der Waals surface area (Å²) in [6, 6.07) is 7.14. The predicted octanol–water partition coefficient (Wildman–Crippen LogP) is 1.59. The number of nitriles is 1. The molecule has 1 aromatic carbocycles. The Hall–Kier alpha value is -1.16. The van der Waals surface area contributed by atoms with Crippen LogP contribution in [0.4, 0.5) is 0 Å². The molecule has 1 aromatic rings. The van der Waals surface area contributed by atoms with Crippen molar-refractivity contribution in [3.05, 3.63) is 23.8 Å². The van der Waals surface area contributed by atoms with Crippen LogP contribution in [0.5, 0.6) is 0 Å². The normalized spacial score (nSPS) is 21.5. The molecule has 0 spiro atoms. The molecular formula is C14H18BNO3S. The predicted molar refractivity (Wildman–Crippen MR) is 79.2 cm³/mol. The van der Waals surface area contributed by atoms with Crippen LogP contribution < -0.4 is 5.46 Å². The van der Waals surface area contributed by atoms with Crippen molar-refractivity contribution in [1.82, 2.24) is 0 Å².